The second-order valence-electron chi connectivity index (χ2n) is 4.79. The number of rotatable bonds is 2. The van der Waals surface area contributed by atoms with Crippen molar-refractivity contribution in [2.24, 2.45) is 0 Å². The fourth-order valence-corrected chi connectivity index (χ4v) is 2.33. The molecule has 2 N–H and O–H groups in total. The maximum Gasteiger partial charge on any atom is 0.278 e. The number of fused-ring (bicyclic) bond motifs is 1. The van der Waals surface area contributed by atoms with Gasteiger partial charge < -0.3 is 5.32 Å². The van der Waals surface area contributed by atoms with Gasteiger partial charge in [-0.1, -0.05) is 5.21 Å². The monoisotopic (exact) mass is 287 g/mol. The van der Waals surface area contributed by atoms with E-state index in [-0.39, 0.29) is 18.7 Å². The number of nitrogens with one attached hydrogen (secondary N) is 2. The molecule has 0 aliphatic carbocycles. The maximum atomic E-state index is 12.5. The van der Waals surface area contributed by atoms with Crippen LogP contribution in [-0.2, 0) is 9.59 Å². The molecule has 1 aromatic carbocycles. The molecule has 0 bridgehead atoms. The Kier molecular flexibility index (Phi) is 3.13. The van der Waals surface area contributed by atoms with E-state index in [9.17, 15) is 14.4 Å². The third-order valence-electron chi connectivity index (χ3n) is 3.48. The van der Waals surface area contributed by atoms with Crippen molar-refractivity contribution in [2.45, 2.75) is 18.9 Å². The molecular weight excluding hydrogens is 274 g/mol. The molecule has 1 fully saturated rings. The molecule has 8 heteroatoms. The van der Waals surface area contributed by atoms with E-state index in [2.05, 4.69) is 20.9 Å². The molecule has 108 valence electrons. The third kappa shape index (κ3) is 2.24. The molecule has 0 radical (unpaired) electrons. The normalized spacial score (nSPS) is 18.6. The van der Waals surface area contributed by atoms with E-state index in [0.717, 1.165) is 10.4 Å². The molecule has 1 aliphatic rings. The van der Waals surface area contributed by atoms with E-state index < -0.39 is 17.5 Å². The Hall–Kier alpha value is -2.77. The van der Waals surface area contributed by atoms with Crippen LogP contribution in [0.25, 0.3) is 10.9 Å². The van der Waals surface area contributed by atoms with Crippen molar-refractivity contribution < 1.29 is 9.59 Å². The summed E-state index contributed by atoms with van der Waals surface area (Å²) in [6.45, 7) is 0. The Balaban J connectivity index is 2.11. The average Bonchev–Trinajstić information content (AvgIpc) is 2.48. The summed E-state index contributed by atoms with van der Waals surface area (Å²) in [4.78, 5) is 35.5. The smallest absolute Gasteiger partial charge is 0.278 e. The van der Waals surface area contributed by atoms with Crippen LogP contribution in [0.15, 0.2) is 23.0 Å². The van der Waals surface area contributed by atoms with E-state index in [0.29, 0.717) is 10.9 Å². The van der Waals surface area contributed by atoms with E-state index in [1.165, 1.54) is 0 Å². The molecule has 1 aromatic heterocycles. The van der Waals surface area contributed by atoms with Gasteiger partial charge in [0.1, 0.15) is 11.6 Å². The van der Waals surface area contributed by atoms with Crippen LogP contribution in [-0.4, -0.2) is 33.9 Å². The zero-order chi connectivity index (χ0) is 15.0. The quantitative estimate of drug-likeness (QED) is 0.742. The van der Waals surface area contributed by atoms with Gasteiger partial charge in [-0.05, 0) is 24.6 Å². The lowest BCUT2D eigenvalue weighted by atomic mass is 10.1. The lowest BCUT2D eigenvalue weighted by Gasteiger charge is -2.21. The number of piperidine rings is 1. The Morgan fingerprint density at radius 1 is 1.33 bits per heavy atom. The topological polar surface area (TPSA) is 106 Å². The lowest BCUT2D eigenvalue weighted by Crippen LogP contribution is -2.45. The van der Waals surface area contributed by atoms with Gasteiger partial charge in [-0.15, -0.1) is 5.10 Å². The predicted octanol–water partition coefficient (Wildman–Crippen LogP) is -0.189. The van der Waals surface area contributed by atoms with Gasteiger partial charge in [0, 0.05) is 19.2 Å². The molecule has 0 saturated carbocycles. The Morgan fingerprint density at radius 3 is 2.86 bits per heavy atom. The predicted molar refractivity (Wildman–Crippen MR) is 74.8 cm³/mol. The SMILES string of the molecule is CNc1ccc2nnn(C3CCC(=O)NC3=O)c(=O)c2c1. The summed E-state index contributed by atoms with van der Waals surface area (Å²) in [6, 6.07) is 4.33. The molecule has 3 rings (SSSR count). The summed E-state index contributed by atoms with van der Waals surface area (Å²) >= 11 is 0. The summed E-state index contributed by atoms with van der Waals surface area (Å²) < 4.78 is 1.05. The molecule has 2 aromatic rings. The van der Waals surface area contributed by atoms with E-state index in [1.54, 1.807) is 25.2 Å². The van der Waals surface area contributed by atoms with Gasteiger partial charge in [0.2, 0.25) is 5.91 Å². The third-order valence-corrected chi connectivity index (χ3v) is 3.48. The van der Waals surface area contributed by atoms with Gasteiger partial charge in [0.15, 0.2) is 0 Å². The maximum absolute atomic E-state index is 12.5. The second-order valence-corrected chi connectivity index (χ2v) is 4.79. The average molecular weight is 287 g/mol. The van der Waals surface area contributed by atoms with Crippen LogP contribution in [0, 0.1) is 0 Å². The highest BCUT2D eigenvalue weighted by Gasteiger charge is 2.30. The molecule has 8 nitrogen and oxygen atoms in total. The minimum absolute atomic E-state index is 0.180. The number of imide groups is 1. The fraction of sp³-hybridized carbons (Fsp3) is 0.308. The van der Waals surface area contributed by atoms with Crippen LogP contribution < -0.4 is 16.2 Å². The first-order chi connectivity index (χ1) is 10.1. The zero-order valence-corrected chi connectivity index (χ0v) is 11.3. The number of amides is 2. The molecule has 21 heavy (non-hydrogen) atoms. The van der Waals surface area contributed by atoms with Crippen molar-refractivity contribution in [1.82, 2.24) is 20.3 Å². The summed E-state index contributed by atoms with van der Waals surface area (Å²) in [5.41, 5.74) is 0.830. The van der Waals surface area contributed by atoms with Gasteiger partial charge in [0.05, 0.1) is 5.39 Å². The molecule has 0 spiro atoms. The van der Waals surface area contributed by atoms with Crippen LogP contribution in [0.5, 0.6) is 0 Å². The Bertz CT molecular complexity index is 798. The summed E-state index contributed by atoms with van der Waals surface area (Å²) in [7, 11) is 1.74. The van der Waals surface area contributed by atoms with Gasteiger partial charge in [-0.25, -0.2) is 0 Å². The fourth-order valence-electron chi connectivity index (χ4n) is 2.33. The molecule has 1 unspecified atom stereocenters. The summed E-state index contributed by atoms with van der Waals surface area (Å²) in [5.74, 6) is -0.859. The minimum Gasteiger partial charge on any atom is -0.388 e. The highest BCUT2D eigenvalue weighted by Crippen LogP contribution is 2.17. The molecular formula is C13H13N5O3. The molecule has 1 saturated heterocycles. The van der Waals surface area contributed by atoms with Crippen molar-refractivity contribution in [1.29, 1.82) is 0 Å². The number of anilines is 1. The van der Waals surface area contributed by atoms with E-state index in [4.69, 9.17) is 0 Å². The number of benzene rings is 1. The number of carbonyl (C=O) groups is 2. The second kappa shape index (κ2) is 4.97. The zero-order valence-electron chi connectivity index (χ0n) is 11.3. The van der Waals surface area contributed by atoms with Gasteiger partial charge in [-0.2, -0.15) is 4.68 Å². The van der Waals surface area contributed by atoms with Gasteiger partial charge >= 0.3 is 0 Å². The first-order valence-corrected chi connectivity index (χ1v) is 6.51. The highest BCUT2D eigenvalue weighted by atomic mass is 16.2. The van der Waals surface area contributed by atoms with Crippen LogP contribution in [0.1, 0.15) is 18.9 Å². The number of carbonyl (C=O) groups excluding carboxylic acids is 2. The number of nitrogens with zero attached hydrogens (tertiary/aromatic N) is 3. The lowest BCUT2D eigenvalue weighted by molar-refractivity contribution is -0.136. The van der Waals surface area contributed by atoms with Gasteiger partial charge in [0.25, 0.3) is 11.5 Å². The van der Waals surface area contributed by atoms with Crippen LogP contribution in [0.3, 0.4) is 0 Å². The first-order valence-electron chi connectivity index (χ1n) is 6.51. The Labute approximate surface area is 119 Å². The first kappa shape index (κ1) is 13.2. The van der Waals surface area contributed by atoms with E-state index >= 15 is 0 Å². The van der Waals surface area contributed by atoms with Crippen LogP contribution >= 0.6 is 0 Å². The highest BCUT2D eigenvalue weighted by molar-refractivity contribution is 5.99. The summed E-state index contributed by atoms with van der Waals surface area (Å²) in [5, 5.41) is 13.3. The van der Waals surface area contributed by atoms with Crippen molar-refractivity contribution in [2.75, 3.05) is 12.4 Å². The van der Waals surface area contributed by atoms with Crippen LogP contribution in [0.2, 0.25) is 0 Å². The van der Waals surface area contributed by atoms with E-state index in [1.807, 2.05) is 0 Å². The number of hydrogen-bond acceptors (Lipinski definition) is 6. The van der Waals surface area contributed by atoms with Gasteiger partial charge in [-0.3, -0.25) is 19.7 Å². The molecule has 1 aliphatic heterocycles. The van der Waals surface area contributed by atoms with Crippen molar-refractivity contribution in [3.05, 3.63) is 28.6 Å². The van der Waals surface area contributed by atoms with Crippen molar-refractivity contribution in [3.63, 3.8) is 0 Å². The molecule has 2 heterocycles. The number of aromatic nitrogens is 3. The van der Waals surface area contributed by atoms with Crippen molar-refractivity contribution in [3.8, 4) is 0 Å². The Morgan fingerprint density at radius 2 is 2.14 bits per heavy atom. The molecule has 2 amide bonds. The van der Waals surface area contributed by atoms with Crippen LogP contribution in [0.4, 0.5) is 5.69 Å². The number of hydrogen-bond donors (Lipinski definition) is 2. The largest absolute Gasteiger partial charge is 0.388 e. The van der Waals surface area contributed by atoms with Crippen molar-refractivity contribution >= 4 is 28.4 Å². The summed E-state index contributed by atoms with van der Waals surface area (Å²) in [6.07, 6.45) is 0.426. The minimum atomic E-state index is -0.801. The molecule has 1 atom stereocenters. The standard InChI is InChI=1S/C13H13N5O3/c1-14-7-2-3-9-8(6-7)13(21)18(17-16-9)10-4-5-11(19)15-12(10)20/h2-3,6,10,14H,4-5H2,1H3,(H,15,19,20).